The number of carbonyl (C=O) groups excluding carboxylic acids is 1. The first-order valence-electron chi connectivity index (χ1n) is 7.48. The van der Waals surface area contributed by atoms with Crippen LogP contribution in [0.2, 0.25) is 0 Å². The molecule has 0 unspecified atom stereocenters. The quantitative estimate of drug-likeness (QED) is 0.833. The molecule has 0 spiro atoms. The summed E-state index contributed by atoms with van der Waals surface area (Å²) in [5.74, 6) is 0.555. The summed E-state index contributed by atoms with van der Waals surface area (Å²) in [6.07, 6.45) is 8.35. The second-order valence-corrected chi connectivity index (χ2v) is 6.04. The first-order chi connectivity index (χ1) is 8.83. The fourth-order valence-corrected chi connectivity index (χ4v) is 3.12. The Balaban J connectivity index is 1.52. The molecule has 1 atom stereocenters. The molecular weight excluding hydrogens is 228 g/mol. The molecule has 0 radical (unpaired) electrons. The van der Waals surface area contributed by atoms with Gasteiger partial charge in [-0.05, 0) is 32.1 Å². The number of carbonyl (C=O) groups is 1. The second kappa shape index (κ2) is 5.47. The van der Waals surface area contributed by atoms with E-state index in [1.807, 2.05) is 0 Å². The summed E-state index contributed by atoms with van der Waals surface area (Å²) < 4.78 is 5.41. The van der Waals surface area contributed by atoms with Gasteiger partial charge < -0.3 is 15.0 Å². The topological polar surface area (TPSA) is 41.6 Å². The third-order valence-electron chi connectivity index (χ3n) is 4.41. The van der Waals surface area contributed by atoms with Crippen LogP contribution in [-0.4, -0.2) is 42.8 Å². The van der Waals surface area contributed by atoms with Crippen LogP contribution in [-0.2, 0) is 4.74 Å². The van der Waals surface area contributed by atoms with Crippen molar-refractivity contribution in [1.82, 2.24) is 10.2 Å². The number of hydrogen-bond donors (Lipinski definition) is 1. The molecule has 1 saturated heterocycles. The molecule has 0 aromatic rings. The molecule has 1 N–H and O–H groups in total. The summed E-state index contributed by atoms with van der Waals surface area (Å²) in [5, 5.41) is 3.22. The maximum atomic E-state index is 12.3. The van der Waals surface area contributed by atoms with E-state index >= 15 is 0 Å². The van der Waals surface area contributed by atoms with Gasteiger partial charge >= 0.3 is 6.03 Å². The van der Waals surface area contributed by atoms with Gasteiger partial charge in [-0.3, -0.25) is 0 Å². The molecule has 102 valence electrons. The molecule has 1 heterocycles. The molecule has 0 aromatic heterocycles. The molecule has 3 fully saturated rings. The summed E-state index contributed by atoms with van der Waals surface area (Å²) in [6.45, 7) is 2.59. The van der Waals surface area contributed by atoms with Crippen molar-refractivity contribution >= 4 is 6.03 Å². The predicted molar refractivity (Wildman–Crippen MR) is 69.4 cm³/mol. The van der Waals surface area contributed by atoms with Gasteiger partial charge in [-0.1, -0.05) is 12.8 Å². The van der Waals surface area contributed by atoms with Crippen LogP contribution in [0.15, 0.2) is 0 Å². The zero-order chi connectivity index (χ0) is 12.4. The standard InChI is InChI=1S/C14H24N2O2/c17-14(15-12-3-1-2-4-12)16(13-5-6-13)9-11-7-8-18-10-11/h11-13H,1-10H2,(H,15,17)/t11-/m0/s1. The van der Waals surface area contributed by atoms with Crippen LogP contribution in [0.4, 0.5) is 4.79 Å². The lowest BCUT2D eigenvalue weighted by Gasteiger charge is -2.27. The van der Waals surface area contributed by atoms with Crippen LogP contribution < -0.4 is 5.32 Å². The van der Waals surface area contributed by atoms with E-state index in [9.17, 15) is 4.79 Å². The van der Waals surface area contributed by atoms with Crippen LogP contribution in [0.1, 0.15) is 44.9 Å². The fraction of sp³-hybridized carbons (Fsp3) is 0.929. The van der Waals surface area contributed by atoms with E-state index in [1.54, 1.807) is 0 Å². The van der Waals surface area contributed by atoms with Gasteiger partial charge in [-0.25, -0.2) is 4.79 Å². The molecule has 3 aliphatic rings. The van der Waals surface area contributed by atoms with Gasteiger partial charge in [-0.2, -0.15) is 0 Å². The molecule has 18 heavy (non-hydrogen) atoms. The van der Waals surface area contributed by atoms with Crippen molar-refractivity contribution in [1.29, 1.82) is 0 Å². The molecule has 2 amide bonds. The largest absolute Gasteiger partial charge is 0.381 e. The normalized spacial score (nSPS) is 28.6. The molecule has 2 aliphatic carbocycles. The van der Waals surface area contributed by atoms with E-state index in [0.717, 1.165) is 39.0 Å². The number of hydrogen-bond acceptors (Lipinski definition) is 2. The predicted octanol–water partition coefficient (Wildman–Crippen LogP) is 2.14. The van der Waals surface area contributed by atoms with Gasteiger partial charge in [0.2, 0.25) is 0 Å². The highest BCUT2D eigenvalue weighted by atomic mass is 16.5. The number of rotatable bonds is 4. The fourth-order valence-electron chi connectivity index (χ4n) is 3.12. The Morgan fingerprint density at radius 2 is 1.94 bits per heavy atom. The van der Waals surface area contributed by atoms with Crippen molar-refractivity contribution in [2.75, 3.05) is 19.8 Å². The Morgan fingerprint density at radius 1 is 1.17 bits per heavy atom. The van der Waals surface area contributed by atoms with Gasteiger partial charge in [0, 0.05) is 31.2 Å². The van der Waals surface area contributed by atoms with Gasteiger partial charge in [0.1, 0.15) is 0 Å². The zero-order valence-corrected chi connectivity index (χ0v) is 11.1. The van der Waals surface area contributed by atoms with Gasteiger partial charge in [0.05, 0.1) is 6.61 Å². The van der Waals surface area contributed by atoms with Crippen LogP contribution in [0.5, 0.6) is 0 Å². The van der Waals surface area contributed by atoms with Crippen LogP contribution in [0.25, 0.3) is 0 Å². The number of nitrogens with zero attached hydrogens (tertiary/aromatic N) is 1. The Morgan fingerprint density at radius 3 is 2.56 bits per heavy atom. The Hall–Kier alpha value is -0.770. The monoisotopic (exact) mass is 252 g/mol. The van der Waals surface area contributed by atoms with Gasteiger partial charge in [0.25, 0.3) is 0 Å². The van der Waals surface area contributed by atoms with Crippen LogP contribution in [0, 0.1) is 5.92 Å². The van der Waals surface area contributed by atoms with E-state index < -0.39 is 0 Å². The summed E-state index contributed by atoms with van der Waals surface area (Å²) >= 11 is 0. The summed E-state index contributed by atoms with van der Waals surface area (Å²) in [5.41, 5.74) is 0. The van der Waals surface area contributed by atoms with Crippen LogP contribution in [0.3, 0.4) is 0 Å². The SMILES string of the molecule is O=C(NC1CCCC1)N(C[C@@H]1CCOC1)C1CC1. The number of nitrogens with one attached hydrogen (secondary N) is 1. The van der Waals surface area contributed by atoms with Crippen molar-refractivity contribution in [3.8, 4) is 0 Å². The Bertz CT molecular complexity index is 292. The molecule has 3 rings (SSSR count). The van der Waals surface area contributed by atoms with E-state index in [4.69, 9.17) is 4.74 Å². The summed E-state index contributed by atoms with van der Waals surface area (Å²) in [7, 11) is 0. The van der Waals surface area contributed by atoms with E-state index in [-0.39, 0.29) is 6.03 Å². The van der Waals surface area contributed by atoms with E-state index in [2.05, 4.69) is 10.2 Å². The highest BCUT2D eigenvalue weighted by Gasteiger charge is 2.35. The third-order valence-corrected chi connectivity index (χ3v) is 4.41. The molecular formula is C14H24N2O2. The minimum Gasteiger partial charge on any atom is -0.381 e. The van der Waals surface area contributed by atoms with E-state index in [1.165, 1.54) is 25.7 Å². The lowest BCUT2D eigenvalue weighted by atomic mass is 10.1. The Labute approximate surface area is 109 Å². The van der Waals surface area contributed by atoms with E-state index in [0.29, 0.717) is 18.0 Å². The van der Waals surface area contributed by atoms with Crippen molar-refractivity contribution in [3.63, 3.8) is 0 Å². The lowest BCUT2D eigenvalue weighted by Crippen LogP contribution is -2.47. The van der Waals surface area contributed by atoms with Crippen LogP contribution >= 0.6 is 0 Å². The lowest BCUT2D eigenvalue weighted by molar-refractivity contribution is 0.160. The highest BCUT2D eigenvalue weighted by Crippen LogP contribution is 2.29. The van der Waals surface area contributed by atoms with Gasteiger partial charge in [0.15, 0.2) is 0 Å². The summed E-state index contributed by atoms with van der Waals surface area (Å²) in [4.78, 5) is 14.4. The molecule has 4 heteroatoms. The third kappa shape index (κ3) is 2.97. The van der Waals surface area contributed by atoms with Crippen molar-refractivity contribution in [2.45, 2.75) is 57.0 Å². The molecule has 0 bridgehead atoms. The maximum absolute atomic E-state index is 12.3. The first-order valence-corrected chi connectivity index (χ1v) is 7.48. The first kappa shape index (κ1) is 12.3. The smallest absolute Gasteiger partial charge is 0.317 e. The Kier molecular flexibility index (Phi) is 3.73. The minimum absolute atomic E-state index is 0.177. The maximum Gasteiger partial charge on any atom is 0.317 e. The molecule has 2 saturated carbocycles. The van der Waals surface area contributed by atoms with Crippen molar-refractivity contribution in [3.05, 3.63) is 0 Å². The second-order valence-electron chi connectivity index (χ2n) is 6.04. The number of urea groups is 1. The molecule has 1 aliphatic heterocycles. The average Bonchev–Trinajstić information content (AvgIpc) is 2.87. The van der Waals surface area contributed by atoms with Crippen molar-refractivity contribution < 1.29 is 9.53 Å². The number of amides is 2. The highest BCUT2D eigenvalue weighted by molar-refractivity contribution is 5.75. The minimum atomic E-state index is 0.177. The zero-order valence-electron chi connectivity index (χ0n) is 11.1. The van der Waals surface area contributed by atoms with Gasteiger partial charge in [-0.15, -0.1) is 0 Å². The number of ether oxygens (including phenoxy) is 1. The average molecular weight is 252 g/mol. The molecule has 0 aromatic carbocycles. The van der Waals surface area contributed by atoms with Crippen molar-refractivity contribution in [2.24, 2.45) is 5.92 Å². The molecule has 4 nitrogen and oxygen atoms in total. The summed E-state index contributed by atoms with van der Waals surface area (Å²) in [6, 6.07) is 1.11.